The van der Waals surface area contributed by atoms with Gasteiger partial charge < -0.3 is 10.2 Å². The molecule has 1 aromatic rings. The molecule has 1 N–H and O–H groups in total. The van der Waals surface area contributed by atoms with E-state index in [1.165, 1.54) is 18.2 Å². The van der Waals surface area contributed by atoms with Crippen molar-refractivity contribution in [2.75, 3.05) is 26.7 Å². The molecular formula is C13H16BrFN2O. The third-order valence-corrected chi connectivity index (χ3v) is 3.88. The van der Waals surface area contributed by atoms with Gasteiger partial charge in [-0.25, -0.2) is 4.39 Å². The molecule has 3 nitrogen and oxygen atoms in total. The van der Waals surface area contributed by atoms with E-state index < -0.39 is 0 Å². The summed E-state index contributed by atoms with van der Waals surface area (Å²) in [5.41, 5.74) is 0.529. The number of likely N-dealkylation sites (tertiary alicyclic amines) is 1. The summed E-state index contributed by atoms with van der Waals surface area (Å²) >= 11 is 3.24. The van der Waals surface area contributed by atoms with Crippen molar-refractivity contribution in [1.29, 1.82) is 0 Å². The van der Waals surface area contributed by atoms with Crippen molar-refractivity contribution in [2.24, 2.45) is 5.92 Å². The molecule has 1 amide bonds. The standard InChI is InChI=1S/C13H16BrFN2O/c1-16-7-9-4-5-17(8-9)13(18)11-3-2-10(15)6-12(11)14/h2-3,6,9,16H,4-5,7-8H2,1H3. The average Bonchev–Trinajstić information content (AvgIpc) is 2.77. The van der Waals surface area contributed by atoms with Crippen molar-refractivity contribution in [3.05, 3.63) is 34.1 Å². The van der Waals surface area contributed by atoms with Crippen LogP contribution in [-0.4, -0.2) is 37.5 Å². The summed E-state index contributed by atoms with van der Waals surface area (Å²) in [6, 6.07) is 4.18. The first-order valence-corrected chi connectivity index (χ1v) is 6.80. The van der Waals surface area contributed by atoms with Crippen LogP contribution in [0.4, 0.5) is 4.39 Å². The van der Waals surface area contributed by atoms with Gasteiger partial charge in [0.05, 0.1) is 5.56 Å². The van der Waals surface area contributed by atoms with Crippen LogP contribution in [0.2, 0.25) is 0 Å². The third kappa shape index (κ3) is 2.90. The van der Waals surface area contributed by atoms with Gasteiger partial charge in [0.2, 0.25) is 0 Å². The minimum absolute atomic E-state index is 0.0273. The van der Waals surface area contributed by atoms with Gasteiger partial charge in [-0.1, -0.05) is 0 Å². The van der Waals surface area contributed by atoms with E-state index in [0.717, 1.165) is 26.1 Å². The van der Waals surface area contributed by atoms with Crippen molar-refractivity contribution >= 4 is 21.8 Å². The number of carbonyl (C=O) groups is 1. The zero-order valence-electron chi connectivity index (χ0n) is 10.2. The summed E-state index contributed by atoms with van der Waals surface area (Å²) in [4.78, 5) is 14.1. The fourth-order valence-electron chi connectivity index (χ4n) is 2.31. The van der Waals surface area contributed by atoms with Crippen molar-refractivity contribution < 1.29 is 9.18 Å². The fraction of sp³-hybridized carbons (Fsp3) is 0.462. The molecule has 1 aliphatic heterocycles. The molecule has 1 saturated heterocycles. The second kappa shape index (κ2) is 5.80. The molecule has 5 heteroatoms. The number of nitrogens with zero attached hydrogens (tertiary/aromatic N) is 1. The van der Waals surface area contributed by atoms with Crippen LogP contribution in [-0.2, 0) is 0 Å². The molecule has 0 bridgehead atoms. The number of hydrogen-bond donors (Lipinski definition) is 1. The predicted octanol–water partition coefficient (Wildman–Crippen LogP) is 2.27. The molecule has 1 aliphatic rings. The Morgan fingerprint density at radius 3 is 3.06 bits per heavy atom. The second-order valence-corrected chi connectivity index (χ2v) is 5.44. The molecule has 1 atom stereocenters. The summed E-state index contributed by atoms with van der Waals surface area (Å²) in [5, 5.41) is 3.13. The Hall–Kier alpha value is -0.940. The van der Waals surface area contributed by atoms with Crippen LogP contribution in [0.15, 0.2) is 22.7 Å². The van der Waals surface area contributed by atoms with Crippen LogP contribution in [0.5, 0.6) is 0 Å². The first-order valence-electron chi connectivity index (χ1n) is 6.00. The van der Waals surface area contributed by atoms with Gasteiger partial charge in [0.15, 0.2) is 0 Å². The third-order valence-electron chi connectivity index (χ3n) is 3.23. The molecule has 0 radical (unpaired) electrons. The molecule has 0 spiro atoms. The Morgan fingerprint density at radius 1 is 1.61 bits per heavy atom. The highest BCUT2D eigenvalue weighted by Gasteiger charge is 2.27. The first-order chi connectivity index (χ1) is 8.61. The molecule has 0 aliphatic carbocycles. The van der Waals surface area contributed by atoms with Crippen LogP contribution in [0.3, 0.4) is 0 Å². The molecule has 2 rings (SSSR count). The lowest BCUT2D eigenvalue weighted by Crippen LogP contribution is -2.30. The van der Waals surface area contributed by atoms with E-state index in [4.69, 9.17) is 0 Å². The topological polar surface area (TPSA) is 32.3 Å². The van der Waals surface area contributed by atoms with Crippen molar-refractivity contribution in [3.8, 4) is 0 Å². The zero-order chi connectivity index (χ0) is 13.1. The number of nitrogens with one attached hydrogen (secondary N) is 1. The summed E-state index contributed by atoms with van der Waals surface area (Å²) in [6.07, 6.45) is 1.02. The number of halogens is 2. The fourth-order valence-corrected chi connectivity index (χ4v) is 2.83. The summed E-state index contributed by atoms with van der Waals surface area (Å²) in [7, 11) is 1.92. The zero-order valence-corrected chi connectivity index (χ0v) is 11.8. The van der Waals surface area contributed by atoms with E-state index >= 15 is 0 Å². The first kappa shape index (κ1) is 13.5. The van der Waals surface area contributed by atoms with Crippen molar-refractivity contribution in [1.82, 2.24) is 10.2 Å². The van der Waals surface area contributed by atoms with Crippen LogP contribution in [0, 0.1) is 11.7 Å². The largest absolute Gasteiger partial charge is 0.338 e. The van der Waals surface area contributed by atoms with Crippen LogP contribution >= 0.6 is 15.9 Å². The monoisotopic (exact) mass is 314 g/mol. The van der Waals surface area contributed by atoms with Crippen LogP contribution < -0.4 is 5.32 Å². The number of benzene rings is 1. The molecule has 98 valence electrons. The lowest BCUT2D eigenvalue weighted by atomic mass is 10.1. The SMILES string of the molecule is CNCC1CCN(C(=O)c2ccc(F)cc2Br)C1. The number of carbonyl (C=O) groups excluding carboxylic acids is 1. The van der Waals surface area contributed by atoms with Gasteiger partial charge in [0.1, 0.15) is 5.82 Å². The molecular weight excluding hydrogens is 299 g/mol. The molecule has 1 unspecified atom stereocenters. The average molecular weight is 315 g/mol. The quantitative estimate of drug-likeness (QED) is 0.928. The summed E-state index contributed by atoms with van der Waals surface area (Å²) in [5.74, 6) is 0.145. The maximum atomic E-state index is 13.0. The Kier molecular flexibility index (Phi) is 4.35. The Bertz CT molecular complexity index is 453. The highest BCUT2D eigenvalue weighted by molar-refractivity contribution is 9.10. The van der Waals surface area contributed by atoms with Gasteiger partial charge in [0, 0.05) is 17.6 Å². The highest BCUT2D eigenvalue weighted by Crippen LogP contribution is 2.23. The number of rotatable bonds is 3. The Balaban J connectivity index is 2.08. The van der Waals surface area contributed by atoms with E-state index in [2.05, 4.69) is 21.2 Å². The van der Waals surface area contributed by atoms with Gasteiger partial charge in [-0.05, 0) is 60.1 Å². The van der Waals surface area contributed by atoms with Gasteiger partial charge in [0.25, 0.3) is 5.91 Å². The van der Waals surface area contributed by atoms with E-state index in [1.54, 1.807) is 0 Å². The maximum absolute atomic E-state index is 13.0. The molecule has 18 heavy (non-hydrogen) atoms. The van der Waals surface area contributed by atoms with Crippen molar-refractivity contribution in [3.63, 3.8) is 0 Å². The lowest BCUT2D eigenvalue weighted by Gasteiger charge is -2.17. The molecule has 1 aromatic carbocycles. The molecule has 1 fully saturated rings. The Morgan fingerprint density at radius 2 is 2.39 bits per heavy atom. The number of amides is 1. The number of hydrogen-bond acceptors (Lipinski definition) is 2. The predicted molar refractivity (Wildman–Crippen MR) is 72.0 cm³/mol. The van der Waals surface area contributed by atoms with Crippen LogP contribution in [0.25, 0.3) is 0 Å². The van der Waals surface area contributed by atoms with Gasteiger partial charge in [-0.2, -0.15) is 0 Å². The smallest absolute Gasteiger partial charge is 0.255 e. The van der Waals surface area contributed by atoms with Crippen molar-refractivity contribution in [2.45, 2.75) is 6.42 Å². The Labute approximate surface area is 114 Å². The van der Waals surface area contributed by atoms with E-state index in [-0.39, 0.29) is 11.7 Å². The second-order valence-electron chi connectivity index (χ2n) is 4.59. The van der Waals surface area contributed by atoms with Crippen LogP contribution in [0.1, 0.15) is 16.8 Å². The minimum Gasteiger partial charge on any atom is -0.338 e. The van der Waals surface area contributed by atoms with Gasteiger partial charge >= 0.3 is 0 Å². The van der Waals surface area contributed by atoms with Gasteiger partial charge in [-0.3, -0.25) is 4.79 Å². The molecule has 1 heterocycles. The lowest BCUT2D eigenvalue weighted by molar-refractivity contribution is 0.0786. The normalized spacial score (nSPS) is 19.3. The minimum atomic E-state index is -0.340. The summed E-state index contributed by atoms with van der Waals surface area (Å²) in [6.45, 7) is 2.47. The maximum Gasteiger partial charge on any atom is 0.255 e. The highest BCUT2D eigenvalue weighted by atomic mass is 79.9. The molecule has 0 aromatic heterocycles. The van der Waals surface area contributed by atoms with Gasteiger partial charge in [-0.15, -0.1) is 0 Å². The van der Waals surface area contributed by atoms with E-state index in [0.29, 0.717) is 16.0 Å². The van der Waals surface area contributed by atoms with E-state index in [1.807, 2.05) is 11.9 Å². The van der Waals surface area contributed by atoms with E-state index in [9.17, 15) is 9.18 Å². The summed E-state index contributed by atoms with van der Waals surface area (Å²) < 4.78 is 13.5. The molecule has 0 saturated carbocycles.